The second kappa shape index (κ2) is 5.14. The Balaban J connectivity index is 2.78. The molecule has 80 valence electrons. The zero-order valence-electron chi connectivity index (χ0n) is 9.08. The summed E-state index contributed by atoms with van der Waals surface area (Å²) in [6.45, 7) is 6.14. The maximum atomic E-state index is 5.12. The molecule has 1 rings (SSSR count). The van der Waals surface area contributed by atoms with Gasteiger partial charge in [-0.2, -0.15) is 0 Å². The molecule has 0 amide bonds. The molecular formula is C9H18N4S. The highest BCUT2D eigenvalue weighted by Crippen LogP contribution is 2.09. The van der Waals surface area contributed by atoms with E-state index in [-0.39, 0.29) is 0 Å². The molecule has 1 heterocycles. The van der Waals surface area contributed by atoms with Crippen molar-refractivity contribution in [1.29, 1.82) is 0 Å². The number of anilines is 1. The first-order valence-corrected chi connectivity index (χ1v) is 5.47. The second-order valence-corrected chi connectivity index (χ2v) is 3.73. The average molecular weight is 214 g/mol. The largest absolute Gasteiger partial charge is 0.344 e. The molecule has 0 atom stereocenters. The predicted octanol–water partition coefficient (Wildman–Crippen LogP) is 2.20. The molecule has 1 aromatic heterocycles. The third-order valence-corrected chi connectivity index (χ3v) is 2.55. The number of rotatable bonds is 5. The third kappa shape index (κ3) is 2.35. The predicted molar refractivity (Wildman–Crippen MR) is 61.3 cm³/mol. The van der Waals surface area contributed by atoms with Gasteiger partial charge in [0.05, 0.1) is 0 Å². The Hall–Kier alpha value is -0.840. The van der Waals surface area contributed by atoms with E-state index in [2.05, 4.69) is 28.9 Å². The molecule has 1 aromatic rings. The smallest absolute Gasteiger partial charge is 0.225 e. The summed E-state index contributed by atoms with van der Waals surface area (Å²) in [6, 6.07) is 0. The zero-order valence-corrected chi connectivity index (χ0v) is 9.89. The maximum Gasteiger partial charge on any atom is 0.225 e. The van der Waals surface area contributed by atoms with Crippen LogP contribution in [0, 0.1) is 4.77 Å². The zero-order chi connectivity index (χ0) is 10.6. The van der Waals surface area contributed by atoms with Crippen LogP contribution in [0.3, 0.4) is 0 Å². The van der Waals surface area contributed by atoms with Crippen molar-refractivity contribution in [1.82, 2.24) is 14.8 Å². The molecule has 0 saturated heterocycles. The molecule has 0 aromatic carbocycles. The molecule has 0 spiro atoms. The molecule has 0 radical (unpaired) electrons. The van der Waals surface area contributed by atoms with Crippen LogP contribution in [-0.4, -0.2) is 28.4 Å². The standard InChI is InChI=1S/C9H18N4S/c1-4-6-7-12(3)8-10-11-9(14)13(8)5-2/h4-7H2,1-3H3,(H,11,14). The molecule has 0 bridgehead atoms. The Morgan fingerprint density at radius 3 is 2.79 bits per heavy atom. The van der Waals surface area contributed by atoms with Crippen LogP contribution in [0.15, 0.2) is 0 Å². The molecule has 0 saturated carbocycles. The van der Waals surface area contributed by atoms with Crippen LogP contribution >= 0.6 is 12.2 Å². The highest BCUT2D eigenvalue weighted by Gasteiger charge is 2.08. The van der Waals surface area contributed by atoms with E-state index in [1.807, 2.05) is 11.6 Å². The first-order chi connectivity index (χ1) is 6.70. The molecule has 14 heavy (non-hydrogen) atoms. The maximum absolute atomic E-state index is 5.12. The van der Waals surface area contributed by atoms with E-state index in [0.717, 1.165) is 19.0 Å². The van der Waals surface area contributed by atoms with Crippen LogP contribution in [0.25, 0.3) is 0 Å². The van der Waals surface area contributed by atoms with Crippen molar-refractivity contribution in [3.05, 3.63) is 4.77 Å². The van der Waals surface area contributed by atoms with Crippen LogP contribution in [0.2, 0.25) is 0 Å². The normalized spacial score (nSPS) is 10.5. The lowest BCUT2D eigenvalue weighted by Crippen LogP contribution is -2.22. The van der Waals surface area contributed by atoms with Crippen LogP contribution in [0.1, 0.15) is 26.7 Å². The average Bonchev–Trinajstić information content (AvgIpc) is 2.55. The number of hydrogen-bond acceptors (Lipinski definition) is 3. The van der Waals surface area contributed by atoms with Crippen LogP contribution < -0.4 is 4.90 Å². The number of hydrogen-bond donors (Lipinski definition) is 1. The van der Waals surface area contributed by atoms with Gasteiger partial charge >= 0.3 is 0 Å². The molecule has 0 aliphatic carbocycles. The Bertz CT molecular complexity index is 328. The minimum absolute atomic E-state index is 0.700. The summed E-state index contributed by atoms with van der Waals surface area (Å²) in [7, 11) is 2.05. The van der Waals surface area contributed by atoms with Crippen molar-refractivity contribution >= 4 is 18.2 Å². The first kappa shape index (κ1) is 11.2. The monoisotopic (exact) mass is 214 g/mol. The fourth-order valence-corrected chi connectivity index (χ4v) is 1.64. The number of aromatic nitrogens is 3. The molecule has 0 fully saturated rings. The van der Waals surface area contributed by atoms with Gasteiger partial charge in [-0.05, 0) is 25.6 Å². The number of nitrogens with one attached hydrogen (secondary N) is 1. The third-order valence-electron chi connectivity index (χ3n) is 2.24. The molecule has 1 N–H and O–H groups in total. The van der Waals surface area contributed by atoms with E-state index in [1.54, 1.807) is 0 Å². The molecule has 0 aliphatic rings. The van der Waals surface area contributed by atoms with Crippen molar-refractivity contribution < 1.29 is 0 Å². The van der Waals surface area contributed by atoms with Crippen molar-refractivity contribution in [2.24, 2.45) is 0 Å². The SMILES string of the molecule is CCCCN(C)c1n[nH]c(=S)n1CC. The summed E-state index contributed by atoms with van der Waals surface area (Å²) in [5, 5.41) is 7.03. The van der Waals surface area contributed by atoms with Gasteiger partial charge in [-0.25, -0.2) is 5.10 Å². The van der Waals surface area contributed by atoms with Crippen LogP contribution in [0.5, 0.6) is 0 Å². The topological polar surface area (TPSA) is 36.9 Å². The van der Waals surface area contributed by atoms with Gasteiger partial charge in [0.1, 0.15) is 0 Å². The lowest BCUT2D eigenvalue weighted by Gasteiger charge is -2.17. The molecule has 4 nitrogen and oxygen atoms in total. The molecule has 5 heteroatoms. The van der Waals surface area contributed by atoms with Crippen LogP contribution in [0.4, 0.5) is 5.95 Å². The van der Waals surface area contributed by atoms with Crippen molar-refractivity contribution in [3.63, 3.8) is 0 Å². The summed E-state index contributed by atoms with van der Waals surface area (Å²) in [4.78, 5) is 2.14. The number of unbranched alkanes of at least 4 members (excludes halogenated alkanes) is 1. The minimum Gasteiger partial charge on any atom is -0.344 e. The summed E-state index contributed by atoms with van der Waals surface area (Å²) < 4.78 is 2.70. The molecular weight excluding hydrogens is 196 g/mol. The fourth-order valence-electron chi connectivity index (χ4n) is 1.38. The Labute approximate surface area is 89.9 Å². The Morgan fingerprint density at radius 2 is 2.21 bits per heavy atom. The summed E-state index contributed by atoms with van der Waals surface area (Å²) in [5.41, 5.74) is 0. The van der Waals surface area contributed by atoms with Gasteiger partial charge in [-0.3, -0.25) is 4.57 Å². The van der Waals surface area contributed by atoms with Crippen LogP contribution in [-0.2, 0) is 6.54 Å². The number of H-pyrrole nitrogens is 1. The number of nitrogens with zero attached hydrogens (tertiary/aromatic N) is 3. The lowest BCUT2D eigenvalue weighted by atomic mass is 10.3. The first-order valence-electron chi connectivity index (χ1n) is 5.07. The molecule has 0 aliphatic heterocycles. The second-order valence-electron chi connectivity index (χ2n) is 3.35. The van der Waals surface area contributed by atoms with E-state index in [0.29, 0.717) is 4.77 Å². The highest BCUT2D eigenvalue weighted by molar-refractivity contribution is 7.71. The van der Waals surface area contributed by atoms with E-state index in [4.69, 9.17) is 12.2 Å². The van der Waals surface area contributed by atoms with Gasteiger partial charge in [-0.15, -0.1) is 5.10 Å². The van der Waals surface area contributed by atoms with Crippen molar-refractivity contribution in [3.8, 4) is 0 Å². The van der Waals surface area contributed by atoms with Gasteiger partial charge in [-0.1, -0.05) is 13.3 Å². The quantitative estimate of drug-likeness (QED) is 0.763. The molecule has 0 unspecified atom stereocenters. The van der Waals surface area contributed by atoms with E-state index in [9.17, 15) is 0 Å². The van der Waals surface area contributed by atoms with Crippen molar-refractivity contribution in [2.75, 3.05) is 18.5 Å². The lowest BCUT2D eigenvalue weighted by molar-refractivity contribution is 0.693. The number of aromatic amines is 1. The highest BCUT2D eigenvalue weighted by atomic mass is 32.1. The summed E-state index contributed by atoms with van der Waals surface area (Å²) in [6.07, 6.45) is 2.38. The Morgan fingerprint density at radius 1 is 1.50 bits per heavy atom. The van der Waals surface area contributed by atoms with Crippen molar-refractivity contribution in [2.45, 2.75) is 33.2 Å². The summed E-state index contributed by atoms with van der Waals surface area (Å²) in [5.74, 6) is 0.936. The van der Waals surface area contributed by atoms with Gasteiger partial charge < -0.3 is 4.90 Å². The van der Waals surface area contributed by atoms with Gasteiger partial charge in [0.25, 0.3) is 0 Å². The van der Waals surface area contributed by atoms with E-state index in [1.165, 1.54) is 12.8 Å². The van der Waals surface area contributed by atoms with E-state index >= 15 is 0 Å². The van der Waals surface area contributed by atoms with Gasteiger partial charge in [0.2, 0.25) is 5.95 Å². The van der Waals surface area contributed by atoms with Gasteiger partial charge in [0, 0.05) is 20.1 Å². The minimum atomic E-state index is 0.700. The fraction of sp³-hybridized carbons (Fsp3) is 0.778. The van der Waals surface area contributed by atoms with E-state index < -0.39 is 0 Å². The summed E-state index contributed by atoms with van der Waals surface area (Å²) >= 11 is 5.12. The Kier molecular flexibility index (Phi) is 4.13. The van der Waals surface area contributed by atoms with Gasteiger partial charge in [0.15, 0.2) is 4.77 Å².